The van der Waals surface area contributed by atoms with Crippen molar-refractivity contribution in [3.05, 3.63) is 18.3 Å². The number of carbonyl (C=O) groups is 1. The first-order valence-corrected chi connectivity index (χ1v) is 6.15. The van der Waals surface area contributed by atoms with Gasteiger partial charge in [0.15, 0.2) is 5.82 Å². The number of amides is 1. The summed E-state index contributed by atoms with van der Waals surface area (Å²) in [5, 5.41) is 0. The maximum Gasteiger partial charge on any atom is 0.244 e. The molecule has 0 aromatic carbocycles. The van der Waals surface area contributed by atoms with Crippen molar-refractivity contribution in [2.75, 3.05) is 12.0 Å². The Bertz CT molecular complexity index is 502. The minimum absolute atomic E-state index is 0.0269. The number of nitrogens with one attached hydrogen (secondary N) is 2. The molecule has 0 saturated carbocycles. The smallest absolute Gasteiger partial charge is 0.244 e. The number of primary amides is 1. The maximum absolute atomic E-state index is 11.8. The number of sulfonamides is 1. The van der Waals surface area contributed by atoms with Crippen molar-refractivity contribution in [3.8, 4) is 0 Å². The Kier molecular flexibility index (Phi) is 4.37. The number of anilines is 1. The van der Waals surface area contributed by atoms with Crippen molar-refractivity contribution >= 4 is 21.7 Å². The monoisotopic (exact) mass is 259 g/mol. The van der Waals surface area contributed by atoms with E-state index in [1.807, 2.05) is 0 Å². The lowest BCUT2D eigenvalue weighted by atomic mass is 10.4. The van der Waals surface area contributed by atoms with Crippen LogP contribution in [0.5, 0.6) is 0 Å². The van der Waals surface area contributed by atoms with Gasteiger partial charge in [0.1, 0.15) is 4.90 Å². The van der Waals surface area contributed by atoms with Gasteiger partial charge >= 0.3 is 0 Å². The quantitative estimate of drug-likeness (QED) is 0.363. The van der Waals surface area contributed by atoms with Crippen LogP contribution in [-0.4, -0.2) is 25.9 Å². The minimum Gasteiger partial charge on any atom is -0.370 e. The van der Waals surface area contributed by atoms with E-state index in [0.29, 0.717) is 0 Å². The van der Waals surface area contributed by atoms with E-state index in [4.69, 9.17) is 11.6 Å². The summed E-state index contributed by atoms with van der Waals surface area (Å²) < 4.78 is 25.8. The van der Waals surface area contributed by atoms with E-state index in [9.17, 15) is 13.2 Å². The number of hydrogen-bond donors (Lipinski definition) is 4. The second-order valence-electron chi connectivity index (χ2n) is 3.11. The normalized spacial score (nSPS) is 11.1. The molecule has 17 heavy (non-hydrogen) atoms. The summed E-state index contributed by atoms with van der Waals surface area (Å²) in [5.74, 6) is 4.59. The molecule has 1 rings (SSSR count). The summed E-state index contributed by atoms with van der Waals surface area (Å²) >= 11 is 0. The number of pyridine rings is 1. The van der Waals surface area contributed by atoms with Gasteiger partial charge in [-0.3, -0.25) is 4.79 Å². The van der Waals surface area contributed by atoms with Crippen molar-refractivity contribution in [1.82, 2.24) is 9.71 Å². The molecule has 6 N–H and O–H groups in total. The molecule has 8 nitrogen and oxygen atoms in total. The average Bonchev–Trinajstić information content (AvgIpc) is 2.28. The molecule has 1 aromatic rings. The molecule has 0 bridgehead atoms. The standard InChI is InChI=1S/C8H13N5O3S/c9-7(14)3-5-12-17(15,16)6-2-1-4-11-8(6)13-10/h1-2,4,12H,3,5,10H2,(H2,9,14)(H,11,13). The van der Waals surface area contributed by atoms with E-state index in [1.54, 1.807) is 0 Å². The third-order valence-corrected chi connectivity index (χ3v) is 3.35. The fourth-order valence-corrected chi connectivity index (χ4v) is 2.25. The molecule has 0 aliphatic rings. The van der Waals surface area contributed by atoms with Crippen LogP contribution in [0.2, 0.25) is 0 Å². The molecule has 1 amide bonds. The minimum atomic E-state index is -3.76. The number of nitrogens with two attached hydrogens (primary N) is 2. The summed E-state index contributed by atoms with van der Waals surface area (Å²) in [6, 6.07) is 2.80. The van der Waals surface area contributed by atoms with Crippen LogP contribution in [0.4, 0.5) is 5.82 Å². The summed E-state index contributed by atoms with van der Waals surface area (Å²) in [5.41, 5.74) is 7.08. The molecule has 94 valence electrons. The van der Waals surface area contributed by atoms with Gasteiger partial charge in [-0.05, 0) is 12.1 Å². The van der Waals surface area contributed by atoms with Crippen molar-refractivity contribution in [2.24, 2.45) is 11.6 Å². The lowest BCUT2D eigenvalue weighted by Gasteiger charge is -2.09. The van der Waals surface area contributed by atoms with Gasteiger partial charge in [0.25, 0.3) is 0 Å². The summed E-state index contributed by atoms with van der Waals surface area (Å²) in [7, 11) is -3.76. The van der Waals surface area contributed by atoms with Gasteiger partial charge in [0.2, 0.25) is 15.9 Å². The Balaban J connectivity index is 2.86. The van der Waals surface area contributed by atoms with Gasteiger partial charge in [-0.25, -0.2) is 24.0 Å². The van der Waals surface area contributed by atoms with Crippen LogP contribution in [0.3, 0.4) is 0 Å². The first kappa shape index (κ1) is 13.4. The Morgan fingerprint density at radius 2 is 2.18 bits per heavy atom. The van der Waals surface area contributed by atoms with Gasteiger partial charge in [-0.1, -0.05) is 0 Å². The lowest BCUT2D eigenvalue weighted by Crippen LogP contribution is -2.29. The SMILES string of the molecule is NNc1ncccc1S(=O)(=O)NCCC(N)=O. The van der Waals surface area contributed by atoms with Crippen molar-refractivity contribution < 1.29 is 13.2 Å². The first-order chi connectivity index (χ1) is 7.97. The van der Waals surface area contributed by atoms with Crippen molar-refractivity contribution in [1.29, 1.82) is 0 Å². The van der Waals surface area contributed by atoms with Gasteiger partial charge < -0.3 is 11.2 Å². The Hall–Kier alpha value is -1.71. The van der Waals surface area contributed by atoms with Crippen LogP contribution in [0.1, 0.15) is 6.42 Å². The molecule has 0 saturated heterocycles. The number of rotatable bonds is 6. The molecular weight excluding hydrogens is 246 g/mol. The third-order valence-electron chi connectivity index (χ3n) is 1.86. The van der Waals surface area contributed by atoms with Crippen LogP contribution in [0.15, 0.2) is 23.2 Å². The number of carbonyl (C=O) groups excluding carboxylic acids is 1. The molecule has 1 aromatic heterocycles. The molecule has 0 radical (unpaired) electrons. The van der Waals surface area contributed by atoms with E-state index >= 15 is 0 Å². The molecule has 0 atom stereocenters. The highest BCUT2D eigenvalue weighted by Gasteiger charge is 2.18. The number of nitrogens with zero attached hydrogens (tertiary/aromatic N) is 1. The largest absolute Gasteiger partial charge is 0.370 e. The highest BCUT2D eigenvalue weighted by molar-refractivity contribution is 7.89. The van der Waals surface area contributed by atoms with Gasteiger partial charge in [0.05, 0.1) is 0 Å². The zero-order chi connectivity index (χ0) is 12.9. The van der Waals surface area contributed by atoms with Gasteiger partial charge in [-0.2, -0.15) is 0 Å². The number of hydrogen-bond acceptors (Lipinski definition) is 6. The summed E-state index contributed by atoms with van der Waals surface area (Å²) in [6.07, 6.45) is 1.32. The third kappa shape index (κ3) is 3.66. The van der Waals surface area contributed by atoms with E-state index in [0.717, 1.165) is 0 Å². The predicted octanol–water partition coefficient (Wildman–Crippen LogP) is -1.48. The fourth-order valence-electron chi connectivity index (χ4n) is 1.10. The van der Waals surface area contributed by atoms with Gasteiger partial charge in [-0.15, -0.1) is 0 Å². The first-order valence-electron chi connectivity index (χ1n) is 4.67. The van der Waals surface area contributed by atoms with Crippen molar-refractivity contribution in [3.63, 3.8) is 0 Å². The summed E-state index contributed by atoms with van der Waals surface area (Å²) in [6.45, 7) is -0.0728. The van der Waals surface area contributed by atoms with E-state index in [2.05, 4.69) is 15.1 Å². The van der Waals surface area contributed by atoms with E-state index in [-0.39, 0.29) is 23.7 Å². The molecule has 0 unspecified atom stereocenters. The summed E-state index contributed by atoms with van der Waals surface area (Å²) in [4.78, 5) is 14.2. The predicted molar refractivity (Wildman–Crippen MR) is 61.0 cm³/mol. The zero-order valence-electron chi connectivity index (χ0n) is 8.88. The van der Waals surface area contributed by atoms with Crippen molar-refractivity contribution in [2.45, 2.75) is 11.3 Å². The highest BCUT2D eigenvalue weighted by Crippen LogP contribution is 2.16. The maximum atomic E-state index is 11.8. The van der Waals surface area contributed by atoms with Crippen LogP contribution < -0.4 is 21.7 Å². The number of aromatic nitrogens is 1. The molecule has 0 aliphatic heterocycles. The van der Waals surface area contributed by atoms with Gasteiger partial charge in [0, 0.05) is 19.2 Å². The second-order valence-corrected chi connectivity index (χ2v) is 4.84. The van der Waals surface area contributed by atoms with Crippen LogP contribution >= 0.6 is 0 Å². The molecule has 0 spiro atoms. The molecule has 9 heteroatoms. The number of hydrazine groups is 1. The van der Waals surface area contributed by atoms with Crippen LogP contribution in [-0.2, 0) is 14.8 Å². The molecule has 1 heterocycles. The van der Waals surface area contributed by atoms with Crippen LogP contribution in [0.25, 0.3) is 0 Å². The van der Waals surface area contributed by atoms with E-state index < -0.39 is 15.9 Å². The Morgan fingerprint density at radius 1 is 1.47 bits per heavy atom. The van der Waals surface area contributed by atoms with Crippen LogP contribution in [0, 0.1) is 0 Å². The molecule has 0 aliphatic carbocycles. The zero-order valence-corrected chi connectivity index (χ0v) is 9.70. The number of nitrogen functional groups attached to an aromatic ring is 1. The Labute approximate surface area is 98.4 Å². The topological polar surface area (TPSA) is 140 Å². The van der Waals surface area contributed by atoms with E-state index in [1.165, 1.54) is 18.3 Å². The lowest BCUT2D eigenvalue weighted by molar-refractivity contribution is -0.117. The highest BCUT2D eigenvalue weighted by atomic mass is 32.2. The average molecular weight is 259 g/mol. The fraction of sp³-hybridized carbons (Fsp3) is 0.250. The Morgan fingerprint density at radius 3 is 2.76 bits per heavy atom. The molecular formula is C8H13N5O3S. The second kappa shape index (κ2) is 5.57. The molecule has 0 fully saturated rings.